The van der Waals surface area contributed by atoms with Crippen molar-refractivity contribution in [3.05, 3.63) is 53.2 Å². The highest BCUT2D eigenvalue weighted by atomic mass is 16.5. The molecule has 6 nitrogen and oxygen atoms in total. The van der Waals surface area contributed by atoms with Gasteiger partial charge < -0.3 is 18.5 Å². The molecule has 0 aliphatic carbocycles. The van der Waals surface area contributed by atoms with Crippen molar-refractivity contribution in [2.24, 2.45) is 0 Å². The fourth-order valence-electron chi connectivity index (χ4n) is 2.85. The minimum atomic E-state index is -0.591. The fourth-order valence-corrected chi connectivity index (χ4v) is 2.85. The molecule has 0 aliphatic heterocycles. The van der Waals surface area contributed by atoms with Crippen LogP contribution in [0.15, 0.2) is 35.0 Å². The van der Waals surface area contributed by atoms with Crippen molar-refractivity contribution in [3.8, 4) is 0 Å². The summed E-state index contributed by atoms with van der Waals surface area (Å²) >= 11 is 0. The largest absolute Gasteiger partial charge is 0.465 e. The molecule has 0 saturated carbocycles. The number of carbonyl (C=O) groups is 2. The molecule has 1 atom stereocenters. The van der Waals surface area contributed by atoms with Crippen molar-refractivity contribution in [2.75, 3.05) is 20.3 Å². The molecule has 0 amide bonds. The zero-order chi connectivity index (χ0) is 18.4. The summed E-state index contributed by atoms with van der Waals surface area (Å²) < 4.78 is 17.3. The highest BCUT2D eigenvalue weighted by molar-refractivity contribution is 6.00. The van der Waals surface area contributed by atoms with Gasteiger partial charge in [0.2, 0.25) is 5.78 Å². The number of carbonyl (C=O) groups excluding carboxylic acids is 2. The average molecular weight is 345 g/mol. The summed E-state index contributed by atoms with van der Waals surface area (Å²) in [7, 11) is 1.65. The van der Waals surface area contributed by atoms with Crippen LogP contribution in [-0.4, -0.2) is 36.6 Å². The molecule has 0 unspecified atom stereocenters. The first-order valence-corrected chi connectivity index (χ1v) is 8.03. The van der Waals surface area contributed by atoms with Crippen LogP contribution in [0.5, 0.6) is 0 Å². The van der Waals surface area contributed by atoms with Gasteiger partial charge >= 0.3 is 5.97 Å². The number of rotatable bonds is 8. The molecular formula is C19H23NO5. The lowest BCUT2D eigenvalue weighted by molar-refractivity contribution is -0.136. The first kappa shape index (κ1) is 18.7. The van der Waals surface area contributed by atoms with Crippen molar-refractivity contribution in [3.63, 3.8) is 0 Å². The van der Waals surface area contributed by atoms with E-state index in [4.69, 9.17) is 13.9 Å². The first-order valence-electron chi connectivity index (χ1n) is 8.03. The Morgan fingerprint density at radius 3 is 2.76 bits per heavy atom. The van der Waals surface area contributed by atoms with Crippen LogP contribution in [0.2, 0.25) is 0 Å². The molecule has 2 aromatic heterocycles. The number of hydrogen-bond donors (Lipinski definition) is 0. The fraction of sp³-hybridized carbons (Fsp3) is 0.368. The van der Waals surface area contributed by atoms with E-state index in [1.807, 2.05) is 26.8 Å². The number of ketones is 1. The number of aromatic nitrogens is 1. The highest BCUT2D eigenvalue weighted by Crippen LogP contribution is 2.21. The number of aryl methyl sites for hydroxylation is 1. The maximum absolute atomic E-state index is 12.4. The number of furan rings is 1. The predicted molar refractivity (Wildman–Crippen MR) is 93.5 cm³/mol. The van der Waals surface area contributed by atoms with Gasteiger partial charge in [-0.15, -0.1) is 0 Å². The third-order valence-electron chi connectivity index (χ3n) is 3.91. The molecule has 6 heteroatoms. The molecule has 0 radical (unpaired) electrons. The van der Waals surface area contributed by atoms with E-state index < -0.39 is 5.97 Å². The monoisotopic (exact) mass is 345 g/mol. The Morgan fingerprint density at radius 1 is 1.36 bits per heavy atom. The van der Waals surface area contributed by atoms with Gasteiger partial charge in [0.1, 0.15) is 5.76 Å². The van der Waals surface area contributed by atoms with Gasteiger partial charge in [0.05, 0.1) is 18.9 Å². The lowest BCUT2D eigenvalue weighted by Gasteiger charge is -2.17. The standard InChI is InChI=1S/C19H23NO5/c1-13-10-17(15(3)20(13)14(2)11-23-4)18(21)12-25-19(22)8-7-16-6-5-9-24-16/h5-10,14H,11-12H2,1-4H3/b8-7+/t14-/m0/s1. The number of Topliss-reactive ketones (excluding diaryl/α,β-unsaturated/α-hetero) is 1. The maximum Gasteiger partial charge on any atom is 0.331 e. The van der Waals surface area contributed by atoms with Crippen molar-refractivity contribution in [1.82, 2.24) is 4.57 Å². The molecule has 0 bridgehead atoms. The third kappa shape index (κ3) is 4.70. The maximum atomic E-state index is 12.4. The lowest BCUT2D eigenvalue weighted by Crippen LogP contribution is -2.16. The molecule has 0 fully saturated rings. The van der Waals surface area contributed by atoms with E-state index in [0.29, 0.717) is 17.9 Å². The summed E-state index contributed by atoms with van der Waals surface area (Å²) in [4.78, 5) is 24.1. The summed E-state index contributed by atoms with van der Waals surface area (Å²) in [5, 5.41) is 0. The van der Waals surface area contributed by atoms with E-state index in [1.165, 1.54) is 18.4 Å². The molecule has 0 aromatic carbocycles. The van der Waals surface area contributed by atoms with E-state index in [0.717, 1.165) is 11.4 Å². The van der Waals surface area contributed by atoms with Crippen LogP contribution < -0.4 is 0 Å². The van der Waals surface area contributed by atoms with E-state index >= 15 is 0 Å². The van der Waals surface area contributed by atoms with Crippen molar-refractivity contribution < 1.29 is 23.5 Å². The Balaban J connectivity index is 1.99. The van der Waals surface area contributed by atoms with Crippen LogP contribution in [0, 0.1) is 13.8 Å². The zero-order valence-corrected chi connectivity index (χ0v) is 14.9. The van der Waals surface area contributed by atoms with Crippen molar-refractivity contribution in [2.45, 2.75) is 26.8 Å². The summed E-state index contributed by atoms with van der Waals surface area (Å²) in [6, 6.07) is 5.36. The Bertz CT molecular complexity index is 755. The van der Waals surface area contributed by atoms with Crippen molar-refractivity contribution in [1.29, 1.82) is 0 Å². The van der Waals surface area contributed by atoms with Gasteiger partial charge in [0.15, 0.2) is 6.61 Å². The lowest BCUT2D eigenvalue weighted by atomic mass is 10.1. The average Bonchev–Trinajstić information content (AvgIpc) is 3.18. The predicted octanol–water partition coefficient (Wildman–Crippen LogP) is 3.34. The number of esters is 1. The van der Waals surface area contributed by atoms with Gasteiger partial charge in [-0.05, 0) is 45.0 Å². The molecule has 25 heavy (non-hydrogen) atoms. The van der Waals surface area contributed by atoms with Crippen LogP contribution in [0.4, 0.5) is 0 Å². The minimum absolute atomic E-state index is 0.116. The topological polar surface area (TPSA) is 70.7 Å². The van der Waals surface area contributed by atoms with Gasteiger partial charge in [-0.1, -0.05) is 0 Å². The second-order valence-electron chi connectivity index (χ2n) is 5.84. The Hall–Kier alpha value is -2.60. The van der Waals surface area contributed by atoms with Gasteiger partial charge in [-0.25, -0.2) is 4.79 Å². The Labute approximate surface area is 147 Å². The normalized spacial score (nSPS) is 12.5. The number of hydrogen-bond acceptors (Lipinski definition) is 5. The van der Waals surface area contributed by atoms with Crippen LogP contribution in [0.3, 0.4) is 0 Å². The molecule has 134 valence electrons. The quantitative estimate of drug-likeness (QED) is 0.417. The van der Waals surface area contributed by atoms with E-state index in [1.54, 1.807) is 19.2 Å². The van der Waals surface area contributed by atoms with E-state index in [2.05, 4.69) is 4.57 Å². The van der Waals surface area contributed by atoms with Gasteiger partial charge in [0.25, 0.3) is 0 Å². The third-order valence-corrected chi connectivity index (χ3v) is 3.91. The number of ether oxygens (including phenoxy) is 2. The van der Waals surface area contributed by atoms with Crippen LogP contribution in [0.25, 0.3) is 6.08 Å². The van der Waals surface area contributed by atoms with Crippen LogP contribution >= 0.6 is 0 Å². The second kappa shape index (κ2) is 8.48. The highest BCUT2D eigenvalue weighted by Gasteiger charge is 2.19. The SMILES string of the molecule is COC[C@H](C)n1c(C)cc(C(=O)COC(=O)/C=C/c2ccco2)c1C. The second-order valence-corrected chi connectivity index (χ2v) is 5.84. The van der Waals surface area contributed by atoms with Crippen LogP contribution in [-0.2, 0) is 14.3 Å². The van der Waals surface area contributed by atoms with Gasteiger partial charge in [0, 0.05) is 30.1 Å². The molecule has 0 N–H and O–H groups in total. The molecule has 2 heterocycles. The van der Waals surface area contributed by atoms with Gasteiger partial charge in [-0.2, -0.15) is 0 Å². The molecular weight excluding hydrogens is 322 g/mol. The minimum Gasteiger partial charge on any atom is -0.465 e. The van der Waals surface area contributed by atoms with Crippen molar-refractivity contribution >= 4 is 17.8 Å². The summed E-state index contributed by atoms with van der Waals surface area (Å²) in [5.74, 6) is -0.283. The zero-order valence-electron chi connectivity index (χ0n) is 14.9. The Morgan fingerprint density at radius 2 is 2.12 bits per heavy atom. The van der Waals surface area contributed by atoms with E-state index in [-0.39, 0.29) is 18.4 Å². The molecule has 0 spiro atoms. The molecule has 2 rings (SSSR count). The summed E-state index contributed by atoms with van der Waals surface area (Å²) in [6.07, 6.45) is 4.23. The summed E-state index contributed by atoms with van der Waals surface area (Å²) in [6.45, 7) is 6.09. The first-order chi connectivity index (χ1) is 11.9. The molecule has 2 aromatic rings. The smallest absolute Gasteiger partial charge is 0.331 e. The van der Waals surface area contributed by atoms with Gasteiger partial charge in [-0.3, -0.25) is 4.79 Å². The Kier molecular flexibility index (Phi) is 6.36. The number of methoxy groups -OCH3 is 1. The van der Waals surface area contributed by atoms with E-state index in [9.17, 15) is 9.59 Å². The molecule has 0 saturated heterocycles. The van der Waals surface area contributed by atoms with Crippen LogP contribution in [0.1, 0.15) is 40.5 Å². The number of nitrogens with zero attached hydrogens (tertiary/aromatic N) is 1. The molecule has 0 aliphatic rings. The summed E-state index contributed by atoms with van der Waals surface area (Å²) in [5.41, 5.74) is 2.37.